The van der Waals surface area contributed by atoms with Crippen LogP contribution in [0.4, 0.5) is 0 Å². The summed E-state index contributed by atoms with van der Waals surface area (Å²) in [6, 6.07) is 10.6. The Bertz CT molecular complexity index is 553. The highest BCUT2D eigenvalue weighted by molar-refractivity contribution is 5.59. The van der Waals surface area contributed by atoms with E-state index in [-0.39, 0.29) is 5.41 Å². The van der Waals surface area contributed by atoms with Crippen molar-refractivity contribution >= 4 is 0 Å². The Kier molecular flexibility index (Phi) is 4.50. The molecule has 0 saturated heterocycles. The molecular weight excluding hydrogens is 246 g/mol. The molecule has 0 spiro atoms. The van der Waals surface area contributed by atoms with Crippen LogP contribution in [0, 0.1) is 0 Å². The van der Waals surface area contributed by atoms with Gasteiger partial charge in [-0.05, 0) is 30.0 Å². The van der Waals surface area contributed by atoms with Gasteiger partial charge in [-0.3, -0.25) is 0 Å². The normalized spacial score (nSPS) is 11.6. The Morgan fingerprint density at radius 1 is 1.05 bits per heavy atom. The summed E-state index contributed by atoms with van der Waals surface area (Å²) in [7, 11) is 0. The van der Waals surface area contributed by atoms with Gasteiger partial charge in [0.2, 0.25) is 0 Å². The Hall–Kier alpha value is -1.74. The number of hydrogen-bond donors (Lipinski definition) is 1. The van der Waals surface area contributed by atoms with Crippen molar-refractivity contribution < 1.29 is 0 Å². The van der Waals surface area contributed by atoms with Gasteiger partial charge >= 0.3 is 0 Å². The van der Waals surface area contributed by atoms with Gasteiger partial charge in [-0.1, -0.05) is 45.0 Å². The SMILES string of the molecule is CC(C)(C)c1ccc(-c2ccnc(CCCN)n2)cc1. The molecule has 0 radical (unpaired) electrons. The van der Waals surface area contributed by atoms with Crippen molar-refractivity contribution in [3.8, 4) is 11.3 Å². The molecule has 0 aliphatic rings. The Morgan fingerprint density at radius 2 is 1.75 bits per heavy atom. The number of hydrogen-bond acceptors (Lipinski definition) is 3. The fraction of sp³-hybridized carbons (Fsp3) is 0.412. The molecule has 0 aliphatic heterocycles. The third-order valence-corrected chi connectivity index (χ3v) is 3.36. The van der Waals surface area contributed by atoms with Crippen LogP contribution in [0.5, 0.6) is 0 Å². The maximum atomic E-state index is 5.53. The van der Waals surface area contributed by atoms with Crippen LogP contribution in [0.15, 0.2) is 36.5 Å². The van der Waals surface area contributed by atoms with Crippen molar-refractivity contribution in [2.24, 2.45) is 5.73 Å². The van der Waals surface area contributed by atoms with Crippen molar-refractivity contribution in [3.05, 3.63) is 47.9 Å². The number of aryl methyl sites for hydroxylation is 1. The van der Waals surface area contributed by atoms with Gasteiger partial charge in [0, 0.05) is 18.2 Å². The molecule has 3 heteroatoms. The van der Waals surface area contributed by atoms with Crippen LogP contribution in [0.2, 0.25) is 0 Å². The molecule has 0 unspecified atom stereocenters. The van der Waals surface area contributed by atoms with Gasteiger partial charge in [-0.15, -0.1) is 0 Å². The minimum Gasteiger partial charge on any atom is -0.330 e. The highest BCUT2D eigenvalue weighted by Gasteiger charge is 2.13. The molecule has 1 aromatic heterocycles. The van der Waals surface area contributed by atoms with Crippen molar-refractivity contribution in [1.29, 1.82) is 0 Å². The molecule has 0 atom stereocenters. The second-order valence-electron chi connectivity index (χ2n) is 6.08. The molecule has 0 aliphatic carbocycles. The summed E-state index contributed by atoms with van der Waals surface area (Å²) < 4.78 is 0. The largest absolute Gasteiger partial charge is 0.330 e. The summed E-state index contributed by atoms with van der Waals surface area (Å²) in [5, 5.41) is 0. The van der Waals surface area contributed by atoms with E-state index in [4.69, 9.17) is 5.73 Å². The number of nitrogens with two attached hydrogens (primary N) is 1. The fourth-order valence-corrected chi connectivity index (χ4v) is 2.08. The van der Waals surface area contributed by atoms with Crippen LogP contribution < -0.4 is 5.73 Å². The third-order valence-electron chi connectivity index (χ3n) is 3.36. The lowest BCUT2D eigenvalue weighted by molar-refractivity contribution is 0.590. The predicted molar refractivity (Wildman–Crippen MR) is 83.5 cm³/mol. The first kappa shape index (κ1) is 14.7. The smallest absolute Gasteiger partial charge is 0.128 e. The Labute approximate surface area is 121 Å². The summed E-state index contributed by atoms with van der Waals surface area (Å²) >= 11 is 0. The van der Waals surface area contributed by atoms with E-state index in [0.717, 1.165) is 29.9 Å². The number of aromatic nitrogens is 2. The maximum Gasteiger partial charge on any atom is 0.128 e. The van der Waals surface area contributed by atoms with Crippen molar-refractivity contribution in [2.45, 2.75) is 39.0 Å². The molecule has 0 saturated carbocycles. The molecule has 2 rings (SSSR count). The standard InChI is InChI=1S/C17H23N3/c1-17(2,3)14-8-6-13(7-9-14)15-10-12-19-16(20-15)5-4-11-18/h6-10,12H,4-5,11,18H2,1-3H3. The number of rotatable bonds is 4. The predicted octanol–water partition coefficient (Wildman–Crippen LogP) is 3.33. The van der Waals surface area contributed by atoms with Crippen LogP contribution in [0.25, 0.3) is 11.3 Å². The highest BCUT2D eigenvalue weighted by atomic mass is 14.9. The Balaban J connectivity index is 2.23. The number of nitrogens with zero attached hydrogens (tertiary/aromatic N) is 2. The maximum absolute atomic E-state index is 5.53. The summed E-state index contributed by atoms with van der Waals surface area (Å²) in [5.41, 5.74) is 9.15. The van der Waals surface area contributed by atoms with Gasteiger partial charge in [-0.25, -0.2) is 9.97 Å². The van der Waals surface area contributed by atoms with Gasteiger partial charge < -0.3 is 5.73 Å². The van der Waals surface area contributed by atoms with Crippen LogP contribution in [0.1, 0.15) is 38.6 Å². The zero-order valence-corrected chi connectivity index (χ0v) is 12.6. The average molecular weight is 269 g/mol. The molecule has 3 nitrogen and oxygen atoms in total. The van der Waals surface area contributed by atoms with E-state index >= 15 is 0 Å². The van der Waals surface area contributed by atoms with Crippen molar-refractivity contribution in [2.75, 3.05) is 6.54 Å². The second kappa shape index (κ2) is 6.14. The molecular formula is C17H23N3. The molecule has 106 valence electrons. The molecule has 1 heterocycles. The van der Waals surface area contributed by atoms with Gasteiger partial charge in [0.15, 0.2) is 0 Å². The average Bonchev–Trinajstić information content (AvgIpc) is 2.45. The topological polar surface area (TPSA) is 51.8 Å². The molecule has 20 heavy (non-hydrogen) atoms. The van der Waals surface area contributed by atoms with Gasteiger partial charge in [0.1, 0.15) is 5.82 Å². The van der Waals surface area contributed by atoms with Crippen LogP contribution in [-0.2, 0) is 11.8 Å². The van der Waals surface area contributed by atoms with Crippen molar-refractivity contribution in [1.82, 2.24) is 9.97 Å². The third kappa shape index (κ3) is 3.64. The van der Waals surface area contributed by atoms with E-state index in [0.29, 0.717) is 6.54 Å². The summed E-state index contributed by atoms with van der Waals surface area (Å²) in [5.74, 6) is 0.868. The van der Waals surface area contributed by atoms with Crippen LogP contribution in [-0.4, -0.2) is 16.5 Å². The lowest BCUT2D eigenvalue weighted by Gasteiger charge is -2.19. The first-order chi connectivity index (χ1) is 9.50. The van der Waals surface area contributed by atoms with E-state index < -0.39 is 0 Å². The first-order valence-corrected chi connectivity index (χ1v) is 7.13. The second-order valence-corrected chi connectivity index (χ2v) is 6.08. The minimum atomic E-state index is 0.177. The molecule has 0 fully saturated rings. The molecule has 0 bridgehead atoms. The van der Waals surface area contributed by atoms with E-state index in [2.05, 4.69) is 55.0 Å². The zero-order chi connectivity index (χ0) is 14.6. The van der Waals surface area contributed by atoms with Gasteiger partial charge in [-0.2, -0.15) is 0 Å². The van der Waals surface area contributed by atoms with Gasteiger partial charge in [0.05, 0.1) is 5.69 Å². The summed E-state index contributed by atoms with van der Waals surface area (Å²) in [4.78, 5) is 8.90. The quantitative estimate of drug-likeness (QED) is 0.926. The number of benzene rings is 1. The van der Waals surface area contributed by atoms with E-state index in [9.17, 15) is 0 Å². The monoisotopic (exact) mass is 269 g/mol. The molecule has 2 N–H and O–H groups in total. The lowest BCUT2D eigenvalue weighted by atomic mass is 9.86. The van der Waals surface area contributed by atoms with Crippen LogP contribution >= 0.6 is 0 Å². The summed E-state index contributed by atoms with van der Waals surface area (Å²) in [6.07, 6.45) is 3.59. The molecule has 0 amide bonds. The first-order valence-electron chi connectivity index (χ1n) is 7.13. The highest BCUT2D eigenvalue weighted by Crippen LogP contribution is 2.25. The molecule has 2 aromatic rings. The zero-order valence-electron chi connectivity index (χ0n) is 12.6. The lowest BCUT2D eigenvalue weighted by Crippen LogP contribution is -2.10. The molecule has 1 aromatic carbocycles. The van der Waals surface area contributed by atoms with Gasteiger partial charge in [0.25, 0.3) is 0 Å². The van der Waals surface area contributed by atoms with E-state index in [1.165, 1.54) is 5.56 Å². The Morgan fingerprint density at radius 3 is 2.35 bits per heavy atom. The van der Waals surface area contributed by atoms with Crippen LogP contribution in [0.3, 0.4) is 0 Å². The van der Waals surface area contributed by atoms with E-state index in [1.807, 2.05) is 12.3 Å². The summed E-state index contributed by atoms with van der Waals surface area (Å²) in [6.45, 7) is 7.33. The fourth-order valence-electron chi connectivity index (χ4n) is 2.08. The van der Waals surface area contributed by atoms with E-state index in [1.54, 1.807) is 0 Å². The minimum absolute atomic E-state index is 0.177. The van der Waals surface area contributed by atoms with Crippen molar-refractivity contribution in [3.63, 3.8) is 0 Å².